The molecule has 0 spiro atoms. The van der Waals surface area contributed by atoms with Gasteiger partial charge in [-0.25, -0.2) is 18.4 Å². The summed E-state index contributed by atoms with van der Waals surface area (Å²) in [7, 11) is -3.93. The van der Waals surface area contributed by atoms with Crippen LogP contribution in [0.1, 0.15) is 6.92 Å². The zero-order valence-electron chi connectivity index (χ0n) is 16.8. The normalized spacial score (nSPS) is 11.2. The molecule has 0 fully saturated rings. The fraction of sp³-hybridized carbons (Fsp3) is 0.0455. The van der Waals surface area contributed by atoms with Crippen LogP contribution < -0.4 is 15.4 Å². The van der Waals surface area contributed by atoms with E-state index < -0.39 is 10.0 Å². The highest BCUT2D eigenvalue weighted by atomic mass is 35.5. The molecule has 3 N–H and O–H groups in total. The van der Waals surface area contributed by atoms with E-state index in [2.05, 4.69) is 25.3 Å². The van der Waals surface area contributed by atoms with Crippen LogP contribution in [0.15, 0.2) is 77.7 Å². The maximum atomic E-state index is 12.9. The van der Waals surface area contributed by atoms with Gasteiger partial charge in [0.05, 0.1) is 15.9 Å². The first-order chi connectivity index (χ1) is 15.3. The summed E-state index contributed by atoms with van der Waals surface area (Å²) in [5.41, 5.74) is 2.40. The summed E-state index contributed by atoms with van der Waals surface area (Å²) in [6.07, 6.45) is 0. The summed E-state index contributed by atoms with van der Waals surface area (Å²) in [5, 5.41) is 6.21. The van der Waals surface area contributed by atoms with Crippen molar-refractivity contribution in [3.8, 4) is 0 Å². The molecule has 8 nitrogen and oxygen atoms in total. The predicted octanol–water partition coefficient (Wildman–Crippen LogP) is 4.79. The minimum absolute atomic E-state index is 0.0440. The van der Waals surface area contributed by atoms with Gasteiger partial charge in [-0.05, 0) is 60.7 Å². The number of hydrogen-bond acceptors (Lipinski definition) is 6. The van der Waals surface area contributed by atoms with E-state index in [0.717, 1.165) is 0 Å². The molecule has 0 aliphatic heterocycles. The molecule has 162 valence electrons. The molecule has 32 heavy (non-hydrogen) atoms. The Morgan fingerprint density at radius 1 is 0.812 bits per heavy atom. The van der Waals surface area contributed by atoms with Gasteiger partial charge in [0.1, 0.15) is 0 Å². The second kappa shape index (κ2) is 8.81. The average molecular weight is 468 g/mol. The van der Waals surface area contributed by atoms with Crippen LogP contribution in [-0.2, 0) is 14.8 Å². The van der Waals surface area contributed by atoms with Gasteiger partial charge in [-0.1, -0.05) is 23.7 Å². The lowest BCUT2D eigenvalue weighted by atomic mass is 10.2. The summed E-state index contributed by atoms with van der Waals surface area (Å²) in [6.45, 7) is 1.43. The van der Waals surface area contributed by atoms with Crippen LogP contribution >= 0.6 is 11.6 Å². The molecule has 0 bridgehead atoms. The lowest BCUT2D eigenvalue weighted by Gasteiger charge is -2.14. The number of amides is 1. The van der Waals surface area contributed by atoms with Crippen LogP contribution in [0, 0.1) is 0 Å². The number of benzene rings is 3. The summed E-state index contributed by atoms with van der Waals surface area (Å²) in [6, 6.07) is 19.9. The van der Waals surface area contributed by atoms with Crippen molar-refractivity contribution in [3.63, 3.8) is 0 Å². The van der Waals surface area contributed by atoms with E-state index in [9.17, 15) is 13.2 Å². The zero-order valence-corrected chi connectivity index (χ0v) is 18.4. The second-order valence-electron chi connectivity index (χ2n) is 6.85. The number of para-hydroxylation sites is 2. The van der Waals surface area contributed by atoms with Gasteiger partial charge in [-0.2, -0.15) is 0 Å². The molecule has 1 heterocycles. The number of carbonyl (C=O) groups is 1. The Labute approximate surface area is 189 Å². The number of hydrogen-bond donors (Lipinski definition) is 3. The highest BCUT2D eigenvalue weighted by Crippen LogP contribution is 2.28. The van der Waals surface area contributed by atoms with Crippen molar-refractivity contribution in [1.29, 1.82) is 0 Å². The molecular weight excluding hydrogens is 450 g/mol. The third-order valence-corrected chi connectivity index (χ3v) is 6.00. The van der Waals surface area contributed by atoms with Crippen molar-refractivity contribution in [2.75, 3.05) is 15.4 Å². The fourth-order valence-electron chi connectivity index (χ4n) is 2.94. The number of fused-ring (bicyclic) bond motifs is 1. The van der Waals surface area contributed by atoms with Crippen molar-refractivity contribution in [3.05, 3.63) is 77.8 Å². The van der Waals surface area contributed by atoms with Crippen molar-refractivity contribution in [1.82, 2.24) is 9.97 Å². The molecular formula is C22H18ClN5O3S. The summed E-state index contributed by atoms with van der Waals surface area (Å²) >= 11 is 5.87. The molecule has 0 saturated heterocycles. The van der Waals surface area contributed by atoms with Gasteiger partial charge in [0.15, 0.2) is 11.6 Å². The van der Waals surface area contributed by atoms with Crippen LogP contribution in [0.4, 0.5) is 23.0 Å². The molecule has 0 radical (unpaired) electrons. The van der Waals surface area contributed by atoms with Crippen molar-refractivity contribution in [2.45, 2.75) is 11.8 Å². The number of nitrogens with one attached hydrogen (secondary N) is 3. The standard InChI is InChI=1S/C22H18ClN5O3S/c1-14(29)24-16-8-10-17(11-9-16)25-21-22(27-20-5-3-2-4-19(20)26-21)28-32(30,31)18-12-6-15(23)7-13-18/h2-13H,1H3,(H,24,29)(H,25,26)(H,27,28). The van der Waals surface area contributed by atoms with Crippen LogP contribution in [-0.4, -0.2) is 24.3 Å². The van der Waals surface area contributed by atoms with Crippen molar-refractivity contribution < 1.29 is 13.2 Å². The number of nitrogens with zero attached hydrogens (tertiary/aromatic N) is 2. The Hall–Kier alpha value is -3.69. The summed E-state index contributed by atoms with van der Waals surface area (Å²) in [4.78, 5) is 20.3. The summed E-state index contributed by atoms with van der Waals surface area (Å²) < 4.78 is 28.3. The number of aromatic nitrogens is 2. The Morgan fingerprint density at radius 2 is 1.38 bits per heavy atom. The quantitative estimate of drug-likeness (QED) is 0.376. The molecule has 0 atom stereocenters. The topological polar surface area (TPSA) is 113 Å². The monoisotopic (exact) mass is 467 g/mol. The minimum Gasteiger partial charge on any atom is -0.337 e. The minimum atomic E-state index is -3.93. The molecule has 0 aliphatic carbocycles. The van der Waals surface area contributed by atoms with Gasteiger partial charge in [-0.15, -0.1) is 0 Å². The van der Waals surface area contributed by atoms with Crippen LogP contribution in [0.25, 0.3) is 11.0 Å². The first-order valence-corrected chi connectivity index (χ1v) is 11.4. The van der Waals surface area contributed by atoms with Crippen molar-refractivity contribution in [2.24, 2.45) is 0 Å². The zero-order chi connectivity index (χ0) is 22.7. The number of halogens is 1. The molecule has 4 aromatic rings. The Morgan fingerprint density at radius 3 is 1.97 bits per heavy atom. The number of rotatable bonds is 6. The smallest absolute Gasteiger partial charge is 0.263 e. The van der Waals surface area contributed by atoms with Crippen LogP contribution in [0.2, 0.25) is 5.02 Å². The van der Waals surface area contributed by atoms with Crippen molar-refractivity contribution >= 4 is 61.6 Å². The van der Waals surface area contributed by atoms with E-state index in [1.807, 2.05) is 6.07 Å². The largest absolute Gasteiger partial charge is 0.337 e. The fourth-order valence-corrected chi connectivity index (χ4v) is 4.07. The molecule has 0 aliphatic rings. The number of carbonyl (C=O) groups excluding carboxylic acids is 1. The molecule has 0 unspecified atom stereocenters. The SMILES string of the molecule is CC(=O)Nc1ccc(Nc2nc3ccccc3nc2NS(=O)(=O)c2ccc(Cl)cc2)cc1. The summed E-state index contributed by atoms with van der Waals surface area (Å²) in [5.74, 6) is 0.100. The van der Waals surface area contributed by atoms with Gasteiger partial charge >= 0.3 is 0 Å². The molecule has 1 aromatic heterocycles. The van der Waals surface area contributed by atoms with E-state index in [1.54, 1.807) is 42.5 Å². The van der Waals surface area contributed by atoms with Gasteiger partial charge in [-0.3, -0.25) is 9.52 Å². The Balaban J connectivity index is 1.70. The third kappa shape index (κ3) is 4.96. The average Bonchev–Trinajstić information content (AvgIpc) is 2.75. The van der Waals surface area contributed by atoms with Gasteiger partial charge in [0, 0.05) is 23.3 Å². The lowest BCUT2D eigenvalue weighted by Crippen LogP contribution is -2.16. The van der Waals surface area contributed by atoms with Crippen LogP contribution in [0.3, 0.4) is 0 Å². The molecule has 10 heteroatoms. The third-order valence-electron chi connectivity index (χ3n) is 4.39. The second-order valence-corrected chi connectivity index (χ2v) is 8.97. The van der Waals surface area contributed by atoms with Gasteiger partial charge in [0.2, 0.25) is 5.91 Å². The molecule has 0 saturated carbocycles. The van der Waals surface area contributed by atoms with E-state index >= 15 is 0 Å². The van der Waals surface area contributed by atoms with E-state index in [0.29, 0.717) is 27.4 Å². The first-order valence-electron chi connectivity index (χ1n) is 9.50. The number of sulfonamides is 1. The van der Waals surface area contributed by atoms with Gasteiger partial charge < -0.3 is 10.6 Å². The Kier molecular flexibility index (Phi) is 5.93. The highest BCUT2D eigenvalue weighted by Gasteiger charge is 2.19. The Bertz CT molecular complexity index is 1390. The highest BCUT2D eigenvalue weighted by molar-refractivity contribution is 7.92. The first kappa shape index (κ1) is 21.5. The predicted molar refractivity (Wildman–Crippen MR) is 126 cm³/mol. The van der Waals surface area contributed by atoms with Crippen LogP contribution in [0.5, 0.6) is 0 Å². The van der Waals surface area contributed by atoms with E-state index in [1.165, 1.54) is 31.2 Å². The maximum absolute atomic E-state index is 12.9. The number of anilines is 4. The van der Waals surface area contributed by atoms with E-state index in [-0.39, 0.29) is 22.4 Å². The molecule has 1 amide bonds. The maximum Gasteiger partial charge on any atom is 0.263 e. The van der Waals surface area contributed by atoms with Gasteiger partial charge in [0.25, 0.3) is 10.0 Å². The lowest BCUT2D eigenvalue weighted by molar-refractivity contribution is -0.114. The molecule has 4 rings (SSSR count). The van der Waals surface area contributed by atoms with E-state index in [4.69, 9.17) is 11.6 Å². The molecule has 3 aromatic carbocycles.